The summed E-state index contributed by atoms with van der Waals surface area (Å²) in [5.41, 5.74) is 0.490. The van der Waals surface area contributed by atoms with Crippen LogP contribution in [0, 0.1) is 0 Å². The molecule has 19 heavy (non-hydrogen) atoms. The lowest BCUT2D eigenvalue weighted by Crippen LogP contribution is -2.39. The van der Waals surface area contributed by atoms with E-state index >= 15 is 0 Å². The van der Waals surface area contributed by atoms with Crippen molar-refractivity contribution in [3.8, 4) is 0 Å². The Labute approximate surface area is 131 Å². The average molecular weight is 340 g/mol. The number of carbonyl (C=O) groups is 1. The molecule has 0 aliphatic carbocycles. The lowest BCUT2D eigenvalue weighted by Gasteiger charge is -2.22. The molecule has 1 saturated heterocycles. The quantitative estimate of drug-likeness (QED) is 0.825. The Kier molecular flexibility index (Phi) is 5.66. The topological polar surface area (TPSA) is 41.1 Å². The second-order valence-corrected chi connectivity index (χ2v) is 6.60. The predicted octanol–water partition coefficient (Wildman–Crippen LogP) is 3.68. The first-order valence-electron chi connectivity index (χ1n) is 5.82. The van der Waals surface area contributed by atoms with E-state index in [0.717, 1.165) is 18.1 Å². The van der Waals surface area contributed by atoms with Gasteiger partial charge in [0.1, 0.15) is 0 Å². The fourth-order valence-electron chi connectivity index (χ4n) is 1.79. The highest BCUT2D eigenvalue weighted by atomic mass is 35.5. The van der Waals surface area contributed by atoms with E-state index in [1.54, 1.807) is 6.07 Å². The highest BCUT2D eigenvalue weighted by molar-refractivity contribution is 7.99. The van der Waals surface area contributed by atoms with Crippen LogP contribution in [0.5, 0.6) is 0 Å². The molecule has 104 valence electrons. The zero-order chi connectivity index (χ0) is 13.8. The van der Waals surface area contributed by atoms with Crippen LogP contribution in [-0.4, -0.2) is 30.0 Å². The van der Waals surface area contributed by atoms with Crippen molar-refractivity contribution in [2.75, 3.05) is 23.4 Å². The fraction of sp³-hybridized carbons (Fsp3) is 0.417. The van der Waals surface area contributed by atoms with Crippen LogP contribution >= 0.6 is 46.6 Å². The highest BCUT2D eigenvalue weighted by Gasteiger charge is 2.17. The molecule has 2 rings (SSSR count). The maximum Gasteiger partial charge on any atom is 0.226 e. The van der Waals surface area contributed by atoms with Crippen molar-refractivity contribution in [2.45, 2.75) is 12.5 Å². The molecule has 3 nitrogen and oxygen atoms in total. The Morgan fingerprint density at radius 2 is 2.05 bits per heavy atom. The third-order valence-electron chi connectivity index (χ3n) is 2.71. The molecule has 2 N–H and O–H groups in total. The molecule has 7 heteroatoms. The highest BCUT2D eigenvalue weighted by Crippen LogP contribution is 2.32. The van der Waals surface area contributed by atoms with Crippen LogP contribution in [0.25, 0.3) is 0 Å². The summed E-state index contributed by atoms with van der Waals surface area (Å²) in [5, 5.41) is 7.19. The zero-order valence-electron chi connectivity index (χ0n) is 10.0. The number of carbonyl (C=O) groups excluding carboxylic acids is 1. The van der Waals surface area contributed by atoms with Crippen molar-refractivity contribution >= 4 is 58.2 Å². The van der Waals surface area contributed by atoms with Crippen LogP contribution < -0.4 is 10.6 Å². The van der Waals surface area contributed by atoms with Gasteiger partial charge in [0, 0.05) is 30.5 Å². The van der Waals surface area contributed by atoms with Gasteiger partial charge in [0.25, 0.3) is 0 Å². The molecule has 1 aliphatic rings. The summed E-state index contributed by atoms with van der Waals surface area (Å²) in [7, 11) is 0. The Morgan fingerprint density at radius 3 is 2.74 bits per heavy atom. The second kappa shape index (κ2) is 7.04. The van der Waals surface area contributed by atoms with Crippen LogP contribution in [-0.2, 0) is 4.79 Å². The first kappa shape index (κ1) is 15.3. The van der Waals surface area contributed by atoms with E-state index in [2.05, 4.69) is 10.6 Å². The Bertz CT molecular complexity index is 478. The zero-order valence-corrected chi connectivity index (χ0v) is 13.1. The minimum atomic E-state index is -0.0831. The van der Waals surface area contributed by atoms with E-state index in [9.17, 15) is 4.79 Å². The minimum absolute atomic E-state index is 0.0831. The summed E-state index contributed by atoms with van der Waals surface area (Å²) in [6.45, 7) is 0.941. The smallest absolute Gasteiger partial charge is 0.226 e. The maximum atomic E-state index is 11.9. The number of hydrogen-bond acceptors (Lipinski definition) is 3. The summed E-state index contributed by atoms with van der Waals surface area (Å²) in [6.07, 6.45) is 0.420. The van der Waals surface area contributed by atoms with E-state index in [1.165, 1.54) is 6.07 Å². The van der Waals surface area contributed by atoms with Gasteiger partial charge < -0.3 is 10.6 Å². The molecule has 0 aromatic heterocycles. The van der Waals surface area contributed by atoms with Crippen molar-refractivity contribution in [1.82, 2.24) is 5.32 Å². The van der Waals surface area contributed by atoms with Gasteiger partial charge in [0.15, 0.2) is 0 Å². The van der Waals surface area contributed by atoms with Crippen molar-refractivity contribution in [2.24, 2.45) is 0 Å². The van der Waals surface area contributed by atoms with E-state index in [-0.39, 0.29) is 11.9 Å². The van der Waals surface area contributed by atoms with Crippen molar-refractivity contribution in [1.29, 1.82) is 0 Å². The number of nitrogens with one attached hydrogen (secondary N) is 2. The minimum Gasteiger partial charge on any atom is -0.325 e. The molecule has 1 aromatic rings. The Balaban J connectivity index is 1.96. The molecule has 0 spiro atoms. The predicted molar refractivity (Wildman–Crippen MR) is 83.8 cm³/mol. The summed E-state index contributed by atoms with van der Waals surface area (Å²) in [6, 6.07) is 3.29. The third kappa shape index (κ3) is 4.43. The van der Waals surface area contributed by atoms with Gasteiger partial charge in [-0.2, -0.15) is 11.8 Å². The molecular formula is C12H13Cl3N2OS. The fourth-order valence-corrected chi connectivity index (χ4v) is 3.34. The molecule has 1 atom stereocenters. The van der Waals surface area contributed by atoms with Gasteiger partial charge >= 0.3 is 0 Å². The number of halogens is 3. The van der Waals surface area contributed by atoms with E-state index < -0.39 is 0 Å². The summed E-state index contributed by atoms with van der Waals surface area (Å²) >= 11 is 19.6. The Morgan fingerprint density at radius 1 is 1.32 bits per heavy atom. The van der Waals surface area contributed by atoms with Crippen molar-refractivity contribution < 1.29 is 4.79 Å². The molecular weight excluding hydrogens is 327 g/mol. The van der Waals surface area contributed by atoms with Crippen LogP contribution in [0.3, 0.4) is 0 Å². The van der Waals surface area contributed by atoms with Crippen molar-refractivity contribution in [3.05, 3.63) is 27.2 Å². The van der Waals surface area contributed by atoms with Gasteiger partial charge in [-0.1, -0.05) is 34.8 Å². The first-order valence-corrected chi connectivity index (χ1v) is 8.10. The number of thioether (sulfide) groups is 1. The lowest BCUT2D eigenvalue weighted by molar-refractivity contribution is -0.116. The monoisotopic (exact) mass is 338 g/mol. The van der Waals surface area contributed by atoms with Crippen LogP contribution in [0.1, 0.15) is 6.42 Å². The number of benzene rings is 1. The van der Waals surface area contributed by atoms with Gasteiger partial charge in [-0.15, -0.1) is 0 Å². The van der Waals surface area contributed by atoms with Crippen molar-refractivity contribution in [3.63, 3.8) is 0 Å². The molecule has 1 heterocycles. The summed E-state index contributed by atoms with van der Waals surface area (Å²) < 4.78 is 0. The van der Waals surface area contributed by atoms with Crippen LogP contribution in [0.2, 0.25) is 15.1 Å². The summed E-state index contributed by atoms with van der Waals surface area (Å²) in [5.74, 6) is 1.96. The molecule has 1 fully saturated rings. The van der Waals surface area contributed by atoms with E-state index in [0.29, 0.717) is 27.2 Å². The van der Waals surface area contributed by atoms with E-state index in [4.69, 9.17) is 34.8 Å². The number of anilines is 1. The maximum absolute atomic E-state index is 11.9. The van der Waals surface area contributed by atoms with Gasteiger partial charge in [-0.05, 0) is 12.1 Å². The molecule has 1 amide bonds. The SMILES string of the molecule is O=C(CC1CSCCN1)Nc1cc(Cl)c(Cl)cc1Cl. The van der Waals surface area contributed by atoms with Gasteiger partial charge in [-0.3, -0.25) is 4.79 Å². The normalized spacial score (nSPS) is 19.2. The lowest BCUT2D eigenvalue weighted by atomic mass is 10.2. The molecule has 0 bridgehead atoms. The molecule has 0 saturated carbocycles. The molecule has 1 aromatic carbocycles. The van der Waals surface area contributed by atoms with Gasteiger partial charge in [0.2, 0.25) is 5.91 Å². The molecule has 1 unspecified atom stereocenters. The van der Waals surface area contributed by atoms with Crippen LogP contribution in [0.4, 0.5) is 5.69 Å². The number of rotatable bonds is 3. The summed E-state index contributed by atoms with van der Waals surface area (Å²) in [4.78, 5) is 11.9. The molecule has 1 aliphatic heterocycles. The van der Waals surface area contributed by atoms with Gasteiger partial charge in [0.05, 0.1) is 20.8 Å². The molecule has 0 radical (unpaired) electrons. The van der Waals surface area contributed by atoms with Crippen LogP contribution in [0.15, 0.2) is 12.1 Å². The number of hydrogen-bond donors (Lipinski definition) is 2. The van der Waals surface area contributed by atoms with E-state index in [1.807, 2.05) is 11.8 Å². The first-order chi connectivity index (χ1) is 9.06. The Hall–Kier alpha value is -0.130. The third-order valence-corrected chi connectivity index (χ3v) is 4.88. The van der Waals surface area contributed by atoms with Gasteiger partial charge in [-0.25, -0.2) is 0 Å². The largest absolute Gasteiger partial charge is 0.325 e. The average Bonchev–Trinajstić information content (AvgIpc) is 2.37. The number of amides is 1. The standard InChI is InChI=1S/C12H13Cl3N2OS/c13-8-4-10(15)11(5-9(8)14)17-12(18)3-7-6-19-2-1-16-7/h4-5,7,16H,1-3,6H2,(H,17,18). The second-order valence-electron chi connectivity index (χ2n) is 4.22.